The molecule has 0 aromatic rings. The van der Waals surface area contributed by atoms with Crippen LogP contribution in [0.3, 0.4) is 0 Å². The molecule has 0 spiro atoms. The lowest BCUT2D eigenvalue weighted by Gasteiger charge is -2.25. The van der Waals surface area contributed by atoms with Crippen LogP contribution in [0.25, 0.3) is 0 Å². The van der Waals surface area contributed by atoms with Crippen molar-refractivity contribution in [1.82, 2.24) is 10.0 Å². The molecule has 0 unspecified atom stereocenters. The van der Waals surface area contributed by atoms with Crippen LogP contribution in [0.5, 0.6) is 0 Å². The van der Waals surface area contributed by atoms with E-state index in [0.29, 0.717) is 10.0 Å². The van der Waals surface area contributed by atoms with Crippen molar-refractivity contribution in [3.05, 3.63) is 24.6 Å². The summed E-state index contributed by atoms with van der Waals surface area (Å²) in [5.74, 6) is 0. The molecule has 6 nitrogen and oxygen atoms in total. The van der Waals surface area contributed by atoms with Crippen molar-refractivity contribution in [2.45, 2.75) is 0 Å². The van der Waals surface area contributed by atoms with Crippen molar-refractivity contribution in [3.8, 4) is 0 Å². The molecule has 64 valence electrons. The van der Waals surface area contributed by atoms with Crippen LogP contribution in [0, 0.1) is 0 Å². The van der Waals surface area contributed by atoms with Crippen molar-refractivity contribution in [1.29, 1.82) is 0 Å². The fraction of sp³-hybridized carbons (Fsp3) is 0. The summed E-state index contributed by atoms with van der Waals surface area (Å²) < 4.78 is 0. The van der Waals surface area contributed by atoms with Crippen LogP contribution in [0.1, 0.15) is 0 Å². The molecular formula is C6H6N2O4. The maximum Gasteiger partial charge on any atom is 0.431 e. The lowest BCUT2D eigenvalue weighted by molar-refractivity contribution is 0.0602. The minimum Gasteiger partial charge on any atom is -0.463 e. The van der Waals surface area contributed by atoms with Gasteiger partial charge in [0.1, 0.15) is 0 Å². The van der Waals surface area contributed by atoms with Gasteiger partial charge in [0.15, 0.2) is 0 Å². The van der Waals surface area contributed by atoms with Gasteiger partial charge in [0, 0.05) is 12.4 Å². The lowest BCUT2D eigenvalue weighted by Crippen LogP contribution is -2.42. The number of allylic oxidation sites excluding steroid dienone is 2. The number of nitrogens with zero attached hydrogens (tertiary/aromatic N) is 2. The zero-order chi connectivity index (χ0) is 9.14. The second-order valence-corrected chi connectivity index (χ2v) is 1.94. The zero-order valence-corrected chi connectivity index (χ0v) is 5.91. The monoisotopic (exact) mass is 170 g/mol. The molecule has 0 fully saturated rings. The highest BCUT2D eigenvalue weighted by atomic mass is 16.4. The number of hydrogen-bond acceptors (Lipinski definition) is 2. The number of hydrazine groups is 1. The Morgan fingerprint density at radius 2 is 1.25 bits per heavy atom. The van der Waals surface area contributed by atoms with Gasteiger partial charge in [0.25, 0.3) is 0 Å². The summed E-state index contributed by atoms with van der Waals surface area (Å²) in [7, 11) is 0. The average Bonchev–Trinajstić information content (AvgIpc) is 2.04. The summed E-state index contributed by atoms with van der Waals surface area (Å²) in [6.07, 6.45) is 2.42. The first kappa shape index (κ1) is 8.12. The molecular weight excluding hydrogens is 164 g/mol. The highest BCUT2D eigenvalue weighted by Crippen LogP contribution is 2.06. The second kappa shape index (κ2) is 2.95. The maximum atomic E-state index is 10.4. The summed E-state index contributed by atoms with van der Waals surface area (Å²) in [5.41, 5.74) is 0. The van der Waals surface area contributed by atoms with E-state index in [2.05, 4.69) is 0 Å². The Morgan fingerprint density at radius 1 is 0.917 bits per heavy atom. The highest BCUT2D eigenvalue weighted by molar-refractivity contribution is 5.74. The Kier molecular flexibility index (Phi) is 2.00. The Balaban J connectivity index is 2.85. The standard InChI is InChI=1S/C6H6N2O4/c9-5(10)7-3-1-2-4-8(7)6(11)12/h1-4H,(H,9,10)(H,11,12). The topological polar surface area (TPSA) is 81.1 Å². The molecule has 0 atom stereocenters. The van der Waals surface area contributed by atoms with Gasteiger partial charge in [-0.2, -0.15) is 10.0 Å². The first-order valence-electron chi connectivity index (χ1n) is 3.02. The summed E-state index contributed by atoms with van der Waals surface area (Å²) in [6, 6.07) is 0. The predicted octanol–water partition coefficient (Wildman–Crippen LogP) is 0.902. The normalized spacial score (nSPS) is 15.0. The predicted molar refractivity (Wildman–Crippen MR) is 38.0 cm³/mol. The van der Waals surface area contributed by atoms with Crippen LogP contribution in [0.15, 0.2) is 24.6 Å². The van der Waals surface area contributed by atoms with Gasteiger partial charge in [-0.1, -0.05) is 0 Å². The minimum absolute atomic E-state index is 0.558. The number of carboxylic acid groups (broad SMARTS) is 2. The minimum atomic E-state index is -1.35. The van der Waals surface area contributed by atoms with Crippen molar-refractivity contribution < 1.29 is 19.8 Å². The molecule has 2 N–H and O–H groups in total. The maximum absolute atomic E-state index is 10.4. The van der Waals surface area contributed by atoms with Gasteiger partial charge in [-0.05, 0) is 12.2 Å². The van der Waals surface area contributed by atoms with Crippen LogP contribution >= 0.6 is 0 Å². The number of amides is 2. The third-order valence-electron chi connectivity index (χ3n) is 1.19. The van der Waals surface area contributed by atoms with Crippen LogP contribution in [0.4, 0.5) is 9.59 Å². The molecule has 0 aromatic heterocycles. The van der Waals surface area contributed by atoms with Crippen LogP contribution in [0.2, 0.25) is 0 Å². The van der Waals surface area contributed by atoms with Gasteiger partial charge in [-0.15, -0.1) is 0 Å². The van der Waals surface area contributed by atoms with Gasteiger partial charge >= 0.3 is 12.2 Å². The Morgan fingerprint density at radius 3 is 1.50 bits per heavy atom. The van der Waals surface area contributed by atoms with Gasteiger partial charge in [0.2, 0.25) is 0 Å². The van der Waals surface area contributed by atoms with Crippen LogP contribution in [-0.2, 0) is 0 Å². The Hall–Kier alpha value is -1.98. The first-order valence-corrected chi connectivity index (χ1v) is 3.02. The van der Waals surface area contributed by atoms with E-state index in [1.807, 2.05) is 0 Å². The quantitative estimate of drug-likeness (QED) is 0.566. The van der Waals surface area contributed by atoms with E-state index in [1.54, 1.807) is 0 Å². The van der Waals surface area contributed by atoms with Crippen molar-refractivity contribution in [3.63, 3.8) is 0 Å². The molecule has 0 radical (unpaired) electrons. The van der Waals surface area contributed by atoms with Crippen LogP contribution in [-0.4, -0.2) is 32.4 Å². The first-order chi connectivity index (χ1) is 5.63. The van der Waals surface area contributed by atoms with E-state index < -0.39 is 12.2 Å². The van der Waals surface area contributed by atoms with Gasteiger partial charge in [0.05, 0.1) is 0 Å². The van der Waals surface area contributed by atoms with E-state index in [4.69, 9.17) is 10.2 Å². The van der Waals surface area contributed by atoms with Crippen molar-refractivity contribution >= 4 is 12.2 Å². The van der Waals surface area contributed by atoms with Gasteiger partial charge in [-0.3, -0.25) is 0 Å². The SMILES string of the molecule is O=C(O)N1C=CC=CN1C(=O)O. The van der Waals surface area contributed by atoms with Gasteiger partial charge in [-0.25, -0.2) is 9.59 Å². The van der Waals surface area contributed by atoms with E-state index in [-0.39, 0.29) is 0 Å². The van der Waals surface area contributed by atoms with E-state index in [9.17, 15) is 9.59 Å². The van der Waals surface area contributed by atoms with Crippen molar-refractivity contribution in [2.75, 3.05) is 0 Å². The summed E-state index contributed by atoms with van der Waals surface area (Å²) in [5, 5.41) is 18.1. The molecule has 1 rings (SSSR count). The molecule has 0 saturated carbocycles. The molecule has 1 aliphatic rings. The van der Waals surface area contributed by atoms with Crippen molar-refractivity contribution in [2.24, 2.45) is 0 Å². The summed E-state index contributed by atoms with van der Waals surface area (Å²) in [6.45, 7) is 0. The van der Waals surface area contributed by atoms with E-state index in [1.165, 1.54) is 12.2 Å². The molecule has 0 aromatic carbocycles. The molecule has 2 amide bonds. The highest BCUT2D eigenvalue weighted by Gasteiger charge is 2.22. The van der Waals surface area contributed by atoms with E-state index >= 15 is 0 Å². The molecule has 1 heterocycles. The number of hydrogen-bond donors (Lipinski definition) is 2. The second-order valence-electron chi connectivity index (χ2n) is 1.94. The molecule has 0 saturated heterocycles. The molecule has 0 bridgehead atoms. The fourth-order valence-electron chi connectivity index (χ4n) is 0.718. The molecule has 1 aliphatic heterocycles. The fourth-order valence-corrected chi connectivity index (χ4v) is 0.718. The third kappa shape index (κ3) is 1.36. The van der Waals surface area contributed by atoms with E-state index in [0.717, 1.165) is 12.4 Å². The average molecular weight is 170 g/mol. The largest absolute Gasteiger partial charge is 0.463 e. The lowest BCUT2D eigenvalue weighted by atomic mass is 10.5. The van der Waals surface area contributed by atoms with Gasteiger partial charge < -0.3 is 10.2 Å². The summed E-state index contributed by atoms with van der Waals surface area (Å²) in [4.78, 5) is 20.8. The molecule has 12 heavy (non-hydrogen) atoms. The number of carbonyl (C=O) groups is 2. The zero-order valence-electron chi connectivity index (χ0n) is 5.91. The smallest absolute Gasteiger partial charge is 0.431 e. The Labute approximate surface area is 67.6 Å². The molecule has 0 aliphatic carbocycles. The number of rotatable bonds is 0. The third-order valence-corrected chi connectivity index (χ3v) is 1.19. The Bertz CT molecular complexity index is 243. The van der Waals surface area contributed by atoms with Crippen LogP contribution < -0.4 is 0 Å². The summed E-state index contributed by atoms with van der Waals surface area (Å²) >= 11 is 0. The molecule has 6 heteroatoms.